The summed E-state index contributed by atoms with van der Waals surface area (Å²) in [5, 5.41) is 17.3. The molecule has 0 saturated carbocycles. The van der Waals surface area contributed by atoms with Crippen LogP contribution < -0.4 is 5.73 Å². The maximum absolute atomic E-state index is 11.9. The van der Waals surface area contributed by atoms with Gasteiger partial charge in [-0.05, 0) is 24.8 Å². The Morgan fingerprint density at radius 2 is 1.58 bits per heavy atom. The summed E-state index contributed by atoms with van der Waals surface area (Å²) in [5.41, 5.74) is 5.57. The Labute approximate surface area is 112 Å². The zero-order valence-electron chi connectivity index (χ0n) is 11.3. The van der Waals surface area contributed by atoms with Gasteiger partial charge in [0.1, 0.15) is 13.1 Å². The molecule has 1 atom stereocenters. The molecule has 0 bridgehead atoms. The lowest BCUT2D eigenvalue weighted by molar-refractivity contribution is -0.149. The van der Waals surface area contributed by atoms with Gasteiger partial charge in [-0.25, -0.2) is 0 Å². The molecule has 0 fully saturated rings. The Balaban J connectivity index is 4.59. The molecule has 4 N–H and O–H groups in total. The third-order valence-electron chi connectivity index (χ3n) is 2.61. The molecule has 0 aromatic heterocycles. The second kappa shape index (κ2) is 8.47. The van der Waals surface area contributed by atoms with E-state index in [1.54, 1.807) is 0 Å². The molecule has 0 spiro atoms. The fourth-order valence-electron chi connectivity index (χ4n) is 1.86. The van der Waals surface area contributed by atoms with E-state index in [0.717, 1.165) is 11.3 Å². The van der Waals surface area contributed by atoms with Crippen LogP contribution in [0.1, 0.15) is 26.7 Å². The van der Waals surface area contributed by atoms with Crippen LogP contribution in [0.25, 0.3) is 0 Å². The molecule has 0 aliphatic heterocycles. The van der Waals surface area contributed by atoms with Crippen molar-refractivity contribution in [1.29, 1.82) is 0 Å². The van der Waals surface area contributed by atoms with E-state index in [2.05, 4.69) is 0 Å². The Morgan fingerprint density at radius 3 is 1.89 bits per heavy atom. The average molecular weight is 274 g/mol. The zero-order chi connectivity index (χ0) is 15.0. The quantitative estimate of drug-likeness (QED) is 0.544. The van der Waals surface area contributed by atoms with Gasteiger partial charge in [0.15, 0.2) is 0 Å². The van der Waals surface area contributed by atoms with Crippen molar-refractivity contribution in [2.75, 3.05) is 19.6 Å². The van der Waals surface area contributed by atoms with Crippen molar-refractivity contribution in [2.45, 2.75) is 26.7 Å². The lowest BCUT2D eigenvalue weighted by atomic mass is 9.94. The van der Waals surface area contributed by atoms with Gasteiger partial charge >= 0.3 is 11.9 Å². The van der Waals surface area contributed by atoms with E-state index >= 15 is 0 Å². The first kappa shape index (κ1) is 17.4. The third-order valence-corrected chi connectivity index (χ3v) is 2.61. The lowest BCUT2D eigenvalue weighted by Gasteiger charge is -2.22. The molecule has 0 radical (unpaired) electrons. The molecular formula is C12H22N2O5. The second-order valence-corrected chi connectivity index (χ2v) is 4.97. The molecule has 0 saturated heterocycles. The van der Waals surface area contributed by atoms with Crippen LogP contribution in [0.15, 0.2) is 0 Å². The van der Waals surface area contributed by atoms with Crippen molar-refractivity contribution >= 4 is 17.8 Å². The maximum atomic E-state index is 11.9. The number of nitrogens with zero attached hydrogens (tertiary/aromatic N) is 1. The van der Waals surface area contributed by atoms with Crippen LogP contribution in [0.2, 0.25) is 0 Å². The van der Waals surface area contributed by atoms with Crippen LogP contribution >= 0.6 is 0 Å². The number of hydrogen-bond donors (Lipinski definition) is 3. The summed E-state index contributed by atoms with van der Waals surface area (Å²) in [6.45, 7) is 3.10. The van der Waals surface area contributed by atoms with E-state index < -0.39 is 30.9 Å². The Bertz CT molecular complexity index is 314. The van der Waals surface area contributed by atoms with Gasteiger partial charge in [-0.15, -0.1) is 0 Å². The highest BCUT2D eigenvalue weighted by Crippen LogP contribution is 2.15. The van der Waals surface area contributed by atoms with E-state index in [-0.39, 0.29) is 12.3 Å². The highest BCUT2D eigenvalue weighted by atomic mass is 16.4. The molecule has 7 nitrogen and oxygen atoms in total. The number of rotatable bonds is 9. The van der Waals surface area contributed by atoms with E-state index in [1.165, 1.54) is 0 Å². The molecule has 1 amide bonds. The summed E-state index contributed by atoms with van der Waals surface area (Å²) >= 11 is 0. The second-order valence-electron chi connectivity index (χ2n) is 4.97. The highest BCUT2D eigenvalue weighted by Gasteiger charge is 2.22. The highest BCUT2D eigenvalue weighted by molar-refractivity contribution is 5.85. The fraction of sp³-hybridized carbons (Fsp3) is 0.750. The number of carboxylic acids is 2. The minimum Gasteiger partial charge on any atom is -0.480 e. The first-order valence-corrected chi connectivity index (χ1v) is 6.17. The van der Waals surface area contributed by atoms with Crippen molar-refractivity contribution in [2.24, 2.45) is 17.6 Å². The molecule has 110 valence electrons. The number of carbonyl (C=O) groups excluding carboxylic acids is 1. The first-order valence-electron chi connectivity index (χ1n) is 6.17. The van der Waals surface area contributed by atoms with E-state index in [9.17, 15) is 14.4 Å². The lowest BCUT2D eigenvalue weighted by Crippen LogP contribution is -2.40. The number of nitrogens with two attached hydrogens (primary N) is 1. The average Bonchev–Trinajstić information content (AvgIpc) is 2.25. The maximum Gasteiger partial charge on any atom is 0.323 e. The number of carbonyl (C=O) groups is 3. The number of carboxylic acid groups (broad SMARTS) is 2. The van der Waals surface area contributed by atoms with E-state index in [0.29, 0.717) is 12.5 Å². The topological polar surface area (TPSA) is 121 Å². The Hall–Kier alpha value is -1.63. The molecule has 0 rings (SSSR count). The van der Waals surface area contributed by atoms with Gasteiger partial charge in [-0.3, -0.25) is 14.4 Å². The molecule has 0 aromatic rings. The molecular weight excluding hydrogens is 252 g/mol. The van der Waals surface area contributed by atoms with Crippen molar-refractivity contribution < 1.29 is 24.6 Å². The van der Waals surface area contributed by atoms with Gasteiger partial charge in [-0.1, -0.05) is 13.8 Å². The number of hydrogen-bond acceptors (Lipinski definition) is 4. The van der Waals surface area contributed by atoms with Crippen LogP contribution in [0, 0.1) is 11.8 Å². The normalized spacial score (nSPS) is 12.2. The van der Waals surface area contributed by atoms with Gasteiger partial charge in [0.05, 0.1) is 0 Å². The van der Waals surface area contributed by atoms with Crippen molar-refractivity contribution in [3.8, 4) is 0 Å². The van der Waals surface area contributed by atoms with Crippen LogP contribution in [0.5, 0.6) is 0 Å². The summed E-state index contributed by atoms with van der Waals surface area (Å²) in [7, 11) is 0. The molecule has 19 heavy (non-hydrogen) atoms. The summed E-state index contributed by atoms with van der Waals surface area (Å²) in [6, 6.07) is 0. The zero-order valence-corrected chi connectivity index (χ0v) is 11.3. The van der Waals surface area contributed by atoms with Crippen molar-refractivity contribution in [1.82, 2.24) is 4.90 Å². The summed E-state index contributed by atoms with van der Waals surface area (Å²) in [5.74, 6) is -2.64. The standard InChI is InChI=1S/C12H22N2O5/c1-8(2)3-9(5-13)4-10(15)14(6-11(16)17)7-12(18)19/h8-9H,3-7,13H2,1-2H3,(H,16,17)(H,18,19). The third kappa shape index (κ3) is 8.15. The minimum atomic E-state index is -1.23. The molecule has 0 aliphatic rings. The molecule has 7 heteroatoms. The molecule has 1 unspecified atom stereocenters. The van der Waals surface area contributed by atoms with Gasteiger partial charge in [-0.2, -0.15) is 0 Å². The van der Waals surface area contributed by atoms with E-state index in [1.807, 2.05) is 13.8 Å². The summed E-state index contributed by atoms with van der Waals surface area (Å²) < 4.78 is 0. The number of aliphatic carboxylic acids is 2. The van der Waals surface area contributed by atoms with Gasteiger partial charge in [0.2, 0.25) is 5.91 Å². The molecule has 0 heterocycles. The van der Waals surface area contributed by atoms with Crippen LogP contribution in [0.3, 0.4) is 0 Å². The fourth-order valence-corrected chi connectivity index (χ4v) is 1.86. The summed E-state index contributed by atoms with van der Waals surface area (Å²) in [6.07, 6.45) is 0.825. The van der Waals surface area contributed by atoms with Crippen molar-refractivity contribution in [3.05, 3.63) is 0 Å². The smallest absolute Gasteiger partial charge is 0.323 e. The molecule has 0 aliphatic carbocycles. The van der Waals surface area contributed by atoms with Gasteiger partial charge < -0.3 is 20.8 Å². The Morgan fingerprint density at radius 1 is 1.11 bits per heavy atom. The first-order chi connectivity index (χ1) is 8.76. The molecule has 0 aromatic carbocycles. The Kier molecular flexibility index (Phi) is 7.74. The predicted octanol–water partition coefficient (Wildman–Crippen LogP) is -0.00470. The number of amides is 1. The van der Waals surface area contributed by atoms with Crippen molar-refractivity contribution in [3.63, 3.8) is 0 Å². The SMILES string of the molecule is CC(C)CC(CN)CC(=O)N(CC(=O)O)CC(=O)O. The van der Waals surface area contributed by atoms with Crippen LogP contribution in [0.4, 0.5) is 0 Å². The summed E-state index contributed by atoms with van der Waals surface area (Å²) in [4.78, 5) is 34.0. The van der Waals surface area contributed by atoms with Crippen LogP contribution in [-0.2, 0) is 14.4 Å². The van der Waals surface area contributed by atoms with Gasteiger partial charge in [0.25, 0.3) is 0 Å². The van der Waals surface area contributed by atoms with E-state index in [4.69, 9.17) is 15.9 Å². The monoisotopic (exact) mass is 274 g/mol. The van der Waals surface area contributed by atoms with Crippen LogP contribution in [-0.4, -0.2) is 52.6 Å². The minimum absolute atomic E-state index is 0.0578. The van der Waals surface area contributed by atoms with Gasteiger partial charge in [0, 0.05) is 6.42 Å². The predicted molar refractivity (Wildman–Crippen MR) is 68.5 cm³/mol. The largest absolute Gasteiger partial charge is 0.480 e.